The molecule has 10 heteroatoms. The number of carbonyl (C=O) groups is 1. The van der Waals surface area contributed by atoms with E-state index in [4.69, 9.17) is 24.4 Å². The largest absolute Gasteiger partial charge is 0.493 e. The number of benzene rings is 2. The second-order valence-electron chi connectivity index (χ2n) is 8.15. The van der Waals surface area contributed by atoms with Gasteiger partial charge in [-0.1, -0.05) is 38.1 Å². The molecule has 2 aromatic carbocycles. The highest BCUT2D eigenvalue weighted by molar-refractivity contribution is 8.27. The lowest BCUT2D eigenvalue weighted by Gasteiger charge is -2.20. The Morgan fingerprint density at radius 2 is 1.78 bits per heavy atom. The van der Waals surface area contributed by atoms with Crippen molar-refractivity contribution in [3.63, 3.8) is 0 Å². The summed E-state index contributed by atoms with van der Waals surface area (Å²) < 4.78 is 22.4. The molecule has 2 aliphatic heterocycles. The molecule has 9 nitrogen and oxygen atoms in total. The zero-order valence-corrected chi connectivity index (χ0v) is 21.2. The first-order chi connectivity index (χ1) is 17.5. The predicted molar refractivity (Wildman–Crippen MR) is 141 cm³/mol. The van der Waals surface area contributed by atoms with Crippen LogP contribution in [0.5, 0.6) is 17.2 Å². The Morgan fingerprint density at radius 1 is 1.03 bits per heavy atom. The maximum absolute atomic E-state index is 12.6. The van der Waals surface area contributed by atoms with Crippen LogP contribution in [0.3, 0.4) is 0 Å². The fourth-order valence-corrected chi connectivity index (χ4v) is 4.24. The van der Waals surface area contributed by atoms with Crippen LogP contribution in [-0.4, -0.2) is 60.5 Å². The van der Waals surface area contributed by atoms with Gasteiger partial charge in [0.25, 0.3) is 5.91 Å². The van der Waals surface area contributed by atoms with E-state index in [1.165, 1.54) is 16.8 Å². The summed E-state index contributed by atoms with van der Waals surface area (Å²) in [4.78, 5) is 16.7. The van der Waals surface area contributed by atoms with Crippen LogP contribution in [0.1, 0.15) is 19.4 Å². The highest BCUT2D eigenvalue weighted by Gasteiger charge is 2.36. The molecule has 0 unspecified atom stereocenters. The maximum atomic E-state index is 12.6. The molecular weight excluding hydrogens is 480 g/mol. The number of nitrogens with zero attached hydrogens (tertiary/aromatic N) is 3. The highest BCUT2D eigenvalue weighted by atomic mass is 32.2. The average molecular weight is 509 g/mol. The third-order valence-corrected chi connectivity index (χ3v) is 6.40. The van der Waals surface area contributed by atoms with Crippen molar-refractivity contribution in [2.75, 3.05) is 33.5 Å². The molecule has 0 bridgehead atoms. The summed E-state index contributed by atoms with van der Waals surface area (Å²) in [5.74, 6) is 1.58. The number of hydrogen-bond acceptors (Lipinski definition) is 8. The van der Waals surface area contributed by atoms with Crippen LogP contribution in [-0.2, 0) is 9.53 Å². The van der Waals surface area contributed by atoms with Gasteiger partial charge < -0.3 is 18.9 Å². The summed E-state index contributed by atoms with van der Waals surface area (Å²) in [6.45, 7) is 5.66. The summed E-state index contributed by atoms with van der Waals surface area (Å²) in [6.07, 6.45) is 1.61. The van der Waals surface area contributed by atoms with Gasteiger partial charge in [-0.3, -0.25) is 10.2 Å². The molecule has 0 aromatic heterocycles. The molecule has 188 valence electrons. The molecule has 36 heavy (non-hydrogen) atoms. The Labute approximate surface area is 214 Å². The van der Waals surface area contributed by atoms with Gasteiger partial charge >= 0.3 is 0 Å². The predicted octanol–water partition coefficient (Wildman–Crippen LogP) is 4.44. The molecule has 0 atom stereocenters. The number of amidine groups is 2. The van der Waals surface area contributed by atoms with Gasteiger partial charge in [0, 0.05) is 5.92 Å². The van der Waals surface area contributed by atoms with Crippen molar-refractivity contribution in [3.8, 4) is 17.2 Å². The van der Waals surface area contributed by atoms with E-state index in [2.05, 4.69) is 10.1 Å². The van der Waals surface area contributed by atoms with Crippen molar-refractivity contribution >= 4 is 39.8 Å². The highest BCUT2D eigenvalue weighted by Crippen LogP contribution is 2.32. The summed E-state index contributed by atoms with van der Waals surface area (Å²) in [5.41, 5.74) is 0.843. The standard InChI is InChI=1S/C26H28N4O5S/c1-17(2)25-29-30-23(27)20(24(31)28-26(30)36-25)15-18-9-10-21(22(16-18)32-3)35-14-12-33-11-13-34-19-7-5-4-6-8-19/h4-10,15-17,27H,11-14H2,1-3H3/b20-15-,27-23?. The van der Waals surface area contributed by atoms with Crippen LogP contribution in [0.4, 0.5) is 0 Å². The van der Waals surface area contributed by atoms with Crippen LogP contribution in [0, 0.1) is 11.3 Å². The van der Waals surface area contributed by atoms with E-state index in [9.17, 15) is 4.79 Å². The van der Waals surface area contributed by atoms with Crippen molar-refractivity contribution in [3.05, 3.63) is 59.7 Å². The lowest BCUT2D eigenvalue weighted by Crippen LogP contribution is -2.35. The second kappa shape index (κ2) is 11.9. The van der Waals surface area contributed by atoms with Crippen LogP contribution < -0.4 is 14.2 Å². The van der Waals surface area contributed by atoms with Gasteiger partial charge in [-0.15, -0.1) is 0 Å². The van der Waals surface area contributed by atoms with Gasteiger partial charge in [-0.25, -0.2) is 0 Å². The molecule has 0 aliphatic carbocycles. The van der Waals surface area contributed by atoms with Gasteiger partial charge in [-0.2, -0.15) is 15.1 Å². The van der Waals surface area contributed by atoms with Crippen LogP contribution in [0.2, 0.25) is 0 Å². The number of hydrogen-bond donors (Lipinski definition) is 1. The number of methoxy groups -OCH3 is 1. The van der Waals surface area contributed by atoms with Gasteiger partial charge in [0.15, 0.2) is 17.3 Å². The zero-order valence-electron chi connectivity index (χ0n) is 20.4. The van der Waals surface area contributed by atoms with Crippen LogP contribution in [0.25, 0.3) is 6.08 Å². The minimum atomic E-state index is -0.466. The third-order valence-electron chi connectivity index (χ3n) is 5.19. The first-order valence-electron chi connectivity index (χ1n) is 11.5. The molecular formula is C26H28N4O5S. The minimum Gasteiger partial charge on any atom is -0.493 e. The average Bonchev–Trinajstić information content (AvgIpc) is 3.31. The summed E-state index contributed by atoms with van der Waals surface area (Å²) in [5, 5.41) is 15.6. The SMILES string of the molecule is COc1cc(/C=C2/C(=N)N3N=C(C(C)C)SC3=NC2=O)ccc1OCCOCCOc1ccccc1. The van der Waals surface area contributed by atoms with Gasteiger partial charge in [0.2, 0.25) is 5.17 Å². The van der Waals surface area contributed by atoms with Crippen molar-refractivity contribution in [1.82, 2.24) is 5.01 Å². The molecule has 0 spiro atoms. The lowest BCUT2D eigenvalue weighted by molar-refractivity contribution is -0.114. The zero-order chi connectivity index (χ0) is 25.5. The van der Waals surface area contributed by atoms with E-state index < -0.39 is 5.91 Å². The lowest BCUT2D eigenvalue weighted by atomic mass is 10.1. The third kappa shape index (κ3) is 6.13. The van der Waals surface area contributed by atoms with E-state index in [0.717, 1.165) is 10.8 Å². The molecule has 0 fully saturated rings. The molecule has 1 amide bonds. The monoisotopic (exact) mass is 508 g/mol. The Hall–Kier alpha value is -3.63. The second-order valence-corrected chi connectivity index (χ2v) is 9.13. The first-order valence-corrected chi connectivity index (χ1v) is 12.3. The fraction of sp³-hybridized carbons (Fsp3) is 0.308. The number of fused-ring (bicyclic) bond motifs is 1. The summed E-state index contributed by atoms with van der Waals surface area (Å²) >= 11 is 1.32. The molecule has 2 heterocycles. The van der Waals surface area contributed by atoms with Crippen molar-refractivity contribution in [2.24, 2.45) is 16.0 Å². The number of para-hydroxylation sites is 1. The Bertz CT molecular complexity index is 1210. The van der Waals surface area contributed by atoms with Crippen molar-refractivity contribution in [2.45, 2.75) is 13.8 Å². The van der Waals surface area contributed by atoms with Crippen LogP contribution in [0.15, 0.2) is 64.2 Å². The Morgan fingerprint density at radius 3 is 2.50 bits per heavy atom. The number of hydrazone groups is 1. The number of thioether (sulfide) groups is 1. The Kier molecular flexibility index (Phi) is 8.40. The normalized spacial score (nSPS) is 16.2. The van der Waals surface area contributed by atoms with Gasteiger partial charge in [0.05, 0.1) is 25.9 Å². The first kappa shape index (κ1) is 25.5. The smallest absolute Gasteiger partial charge is 0.283 e. The molecule has 0 saturated carbocycles. The van der Waals surface area contributed by atoms with E-state index in [1.807, 2.05) is 44.2 Å². The fourth-order valence-electron chi connectivity index (χ4n) is 3.35. The summed E-state index contributed by atoms with van der Waals surface area (Å²) in [7, 11) is 1.55. The maximum Gasteiger partial charge on any atom is 0.283 e. The Balaban J connectivity index is 1.32. The number of aliphatic imine (C=N–C) groups is 1. The van der Waals surface area contributed by atoms with E-state index in [0.29, 0.717) is 48.7 Å². The van der Waals surface area contributed by atoms with E-state index in [-0.39, 0.29) is 17.3 Å². The number of amides is 1. The number of rotatable bonds is 11. The van der Waals surface area contributed by atoms with Gasteiger partial charge in [-0.05, 0) is 47.7 Å². The van der Waals surface area contributed by atoms with Crippen molar-refractivity contribution in [1.29, 1.82) is 5.41 Å². The molecule has 2 aromatic rings. The topological polar surface area (TPSA) is 106 Å². The molecule has 0 saturated heterocycles. The quantitative estimate of drug-likeness (QED) is 0.353. The van der Waals surface area contributed by atoms with E-state index >= 15 is 0 Å². The van der Waals surface area contributed by atoms with Crippen LogP contribution >= 0.6 is 11.8 Å². The molecule has 2 aliphatic rings. The van der Waals surface area contributed by atoms with Crippen molar-refractivity contribution < 1.29 is 23.7 Å². The number of carbonyl (C=O) groups excluding carboxylic acids is 1. The number of nitrogens with one attached hydrogen (secondary N) is 1. The number of ether oxygens (including phenoxy) is 4. The molecule has 0 radical (unpaired) electrons. The molecule has 1 N–H and O–H groups in total. The van der Waals surface area contributed by atoms with E-state index in [1.54, 1.807) is 31.4 Å². The minimum absolute atomic E-state index is 0.000774. The summed E-state index contributed by atoms with van der Waals surface area (Å²) in [6, 6.07) is 14.9. The van der Waals surface area contributed by atoms with Gasteiger partial charge in [0.1, 0.15) is 24.0 Å². The molecule has 4 rings (SSSR count).